The lowest BCUT2D eigenvalue weighted by Gasteiger charge is -2.29. The van der Waals surface area contributed by atoms with E-state index >= 15 is 0 Å². The average molecular weight is 457 g/mol. The van der Waals surface area contributed by atoms with Crippen molar-refractivity contribution in [2.45, 2.75) is 39.7 Å². The fraction of sp³-hybridized carbons (Fsp3) is 0.500. The molecule has 3 amide bonds. The summed E-state index contributed by atoms with van der Waals surface area (Å²) in [5, 5.41) is 11.6. The summed E-state index contributed by atoms with van der Waals surface area (Å²) < 4.78 is 13.1. The molecule has 0 atom stereocenters. The first-order chi connectivity index (χ1) is 15.7. The summed E-state index contributed by atoms with van der Waals surface area (Å²) in [5.41, 5.74) is 1.13. The molecule has 0 aliphatic carbocycles. The van der Waals surface area contributed by atoms with Crippen molar-refractivity contribution >= 4 is 17.8 Å². The number of nitrogens with one attached hydrogen (secondary N) is 1. The van der Waals surface area contributed by atoms with Crippen molar-refractivity contribution in [1.82, 2.24) is 25.3 Å². The van der Waals surface area contributed by atoms with E-state index in [1.54, 1.807) is 12.1 Å². The van der Waals surface area contributed by atoms with E-state index in [2.05, 4.69) is 20.4 Å². The number of hydrogen-bond donors (Lipinski definition) is 1. The normalized spacial score (nSPS) is 14.6. The van der Waals surface area contributed by atoms with E-state index in [1.807, 2.05) is 44.7 Å². The molecule has 33 heavy (non-hydrogen) atoms. The zero-order valence-corrected chi connectivity index (χ0v) is 19.8. The lowest BCUT2D eigenvalue weighted by molar-refractivity contribution is -0.131. The maximum absolute atomic E-state index is 13.1. The molecule has 3 rings (SSSR count). The molecule has 0 saturated carbocycles. The fourth-order valence-corrected chi connectivity index (χ4v) is 3.65. The Morgan fingerprint density at radius 2 is 1.76 bits per heavy atom. The van der Waals surface area contributed by atoms with Crippen LogP contribution in [0.2, 0.25) is 0 Å². The van der Waals surface area contributed by atoms with Gasteiger partial charge in [0.2, 0.25) is 5.91 Å². The van der Waals surface area contributed by atoms with Crippen molar-refractivity contribution in [1.29, 1.82) is 0 Å². The van der Waals surface area contributed by atoms with Gasteiger partial charge in [-0.1, -0.05) is 0 Å². The van der Waals surface area contributed by atoms with Gasteiger partial charge < -0.3 is 20.0 Å². The Kier molecular flexibility index (Phi) is 7.84. The van der Waals surface area contributed by atoms with Crippen LogP contribution in [0.25, 0.3) is 11.3 Å². The quantitative estimate of drug-likeness (QED) is 0.748. The number of aromatic nitrogens is 2. The molecule has 1 aliphatic heterocycles. The second-order valence-electron chi connectivity index (χ2n) is 9.20. The number of carbonyl (C=O) groups is 2. The molecule has 1 aromatic carbocycles. The minimum Gasteiger partial charge on any atom is -0.353 e. The molecule has 1 fully saturated rings. The molecule has 2 aromatic rings. The van der Waals surface area contributed by atoms with E-state index in [0.717, 1.165) is 24.3 Å². The third-order valence-corrected chi connectivity index (χ3v) is 5.44. The van der Waals surface area contributed by atoms with Gasteiger partial charge >= 0.3 is 6.03 Å². The van der Waals surface area contributed by atoms with Gasteiger partial charge in [-0.25, -0.2) is 9.18 Å². The summed E-state index contributed by atoms with van der Waals surface area (Å²) >= 11 is 0. The van der Waals surface area contributed by atoms with E-state index in [0.29, 0.717) is 31.9 Å². The van der Waals surface area contributed by atoms with E-state index < -0.39 is 0 Å². The smallest absolute Gasteiger partial charge is 0.318 e. The molecule has 8 nitrogen and oxygen atoms in total. The van der Waals surface area contributed by atoms with Crippen LogP contribution in [-0.2, 0) is 4.79 Å². The number of nitrogens with zero attached hydrogens (tertiary/aromatic N) is 5. The number of anilines is 1. The van der Waals surface area contributed by atoms with Crippen LogP contribution in [0.1, 0.15) is 34.1 Å². The van der Waals surface area contributed by atoms with Crippen LogP contribution in [0.5, 0.6) is 0 Å². The van der Waals surface area contributed by atoms with Crippen molar-refractivity contribution in [3.63, 3.8) is 0 Å². The van der Waals surface area contributed by atoms with Crippen LogP contribution < -0.4 is 10.2 Å². The molecule has 0 radical (unpaired) electrons. The van der Waals surface area contributed by atoms with Gasteiger partial charge in [0.05, 0.1) is 5.69 Å². The molecule has 1 N–H and O–H groups in total. The van der Waals surface area contributed by atoms with E-state index in [1.165, 1.54) is 17.0 Å². The van der Waals surface area contributed by atoms with Crippen LogP contribution in [0.4, 0.5) is 15.0 Å². The minimum absolute atomic E-state index is 0.0551. The number of urea groups is 1. The topological polar surface area (TPSA) is 81.7 Å². The lowest BCUT2D eigenvalue weighted by Crippen LogP contribution is -2.51. The van der Waals surface area contributed by atoms with Crippen LogP contribution >= 0.6 is 0 Å². The van der Waals surface area contributed by atoms with Gasteiger partial charge in [0.25, 0.3) is 0 Å². The number of carbonyl (C=O) groups excluding carboxylic acids is 2. The van der Waals surface area contributed by atoms with Crippen LogP contribution in [-0.4, -0.2) is 76.7 Å². The van der Waals surface area contributed by atoms with E-state index in [4.69, 9.17) is 0 Å². The molecule has 1 aliphatic rings. The van der Waals surface area contributed by atoms with Gasteiger partial charge in [-0.15, -0.1) is 10.2 Å². The number of benzene rings is 1. The summed E-state index contributed by atoms with van der Waals surface area (Å²) in [6.45, 7) is 10.7. The third kappa shape index (κ3) is 6.87. The second kappa shape index (κ2) is 10.6. The van der Waals surface area contributed by atoms with Crippen molar-refractivity contribution in [3.05, 3.63) is 42.2 Å². The molecule has 0 spiro atoms. The Bertz CT molecular complexity index is 943. The zero-order chi connectivity index (χ0) is 24.0. The molecule has 178 valence electrons. The third-order valence-electron chi connectivity index (χ3n) is 5.44. The average Bonchev–Trinajstić information content (AvgIpc) is 3.03. The van der Waals surface area contributed by atoms with E-state index in [9.17, 15) is 14.0 Å². The van der Waals surface area contributed by atoms with Crippen LogP contribution in [0.3, 0.4) is 0 Å². The Morgan fingerprint density at radius 1 is 1.03 bits per heavy atom. The first kappa shape index (κ1) is 24.4. The van der Waals surface area contributed by atoms with Gasteiger partial charge in [-0.3, -0.25) is 4.79 Å². The highest BCUT2D eigenvalue weighted by molar-refractivity contribution is 5.84. The summed E-state index contributed by atoms with van der Waals surface area (Å²) in [6.07, 6.45) is 0.799. The van der Waals surface area contributed by atoms with Gasteiger partial charge in [0, 0.05) is 43.8 Å². The lowest BCUT2D eigenvalue weighted by atomic mass is 10.1. The summed E-state index contributed by atoms with van der Waals surface area (Å²) in [5.74, 6) is 0.402. The largest absolute Gasteiger partial charge is 0.353 e. The number of hydrogen-bond acceptors (Lipinski definition) is 5. The molecular formula is C24H33FN6O2. The first-order valence-corrected chi connectivity index (χ1v) is 11.4. The zero-order valence-electron chi connectivity index (χ0n) is 19.8. The van der Waals surface area contributed by atoms with Crippen LogP contribution in [0, 0.1) is 5.82 Å². The van der Waals surface area contributed by atoms with Crippen molar-refractivity contribution in [2.75, 3.05) is 44.2 Å². The fourth-order valence-electron chi connectivity index (χ4n) is 3.65. The monoisotopic (exact) mass is 456 g/mol. The molecule has 1 saturated heterocycles. The second-order valence-corrected chi connectivity index (χ2v) is 9.20. The summed E-state index contributed by atoms with van der Waals surface area (Å²) in [4.78, 5) is 30.8. The van der Waals surface area contributed by atoms with Crippen molar-refractivity contribution in [2.24, 2.45) is 0 Å². The molecular weight excluding hydrogens is 423 g/mol. The first-order valence-electron chi connectivity index (χ1n) is 11.4. The summed E-state index contributed by atoms with van der Waals surface area (Å²) in [6, 6.07) is 9.70. The Labute approximate surface area is 194 Å². The van der Waals surface area contributed by atoms with Gasteiger partial charge in [-0.05, 0) is 70.5 Å². The SMILES string of the molecule is CCN(CC(=O)N1CCCN(c2ccc(-c3ccc(F)cc3)nn2)CC1)C(=O)NC(C)(C)C. The Balaban J connectivity index is 1.58. The number of amides is 3. The standard InChI is InChI=1S/C24H33FN6O2/c1-5-29(23(33)26-24(2,3)4)17-22(32)31-14-6-13-30(15-16-31)21-12-11-20(27-28-21)18-7-9-19(25)10-8-18/h7-12H,5-6,13-17H2,1-4H3,(H,26,33). The predicted octanol–water partition coefficient (Wildman–Crippen LogP) is 3.15. The maximum Gasteiger partial charge on any atom is 0.318 e. The molecule has 0 bridgehead atoms. The van der Waals surface area contributed by atoms with E-state index in [-0.39, 0.29) is 29.8 Å². The van der Waals surface area contributed by atoms with Crippen molar-refractivity contribution in [3.8, 4) is 11.3 Å². The Morgan fingerprint density at radius 3 is 2.36 bits per heavy atom. The number of halogens is 1. The minimum atomic E-state index is -0.357. The van der Waals surface area contributed by atoms with Gasteiger partial charge in [0.1, 0.15) is 12.4 Å². The highest BCUT2D eigenvalue weighted by Crippen LogP contribution is 2.20. The molecule has 9 heteroatoms. The molecule has 2 heterocycles. The van der Waals surface area contributed by atoms with Gasteiger partial charge in [0.15, 0.2) is 5.82 Å². The van der Waals surface area contributed by atoms with Crippen molar-refractivity contribution < 1.29 is 14.0 Å². The molecule has 1 aromatic heterocycles. The van der Waals surface area contributed by atoms with Gasteiger partial charge in [-0.2, -0.15) is 0 Å². The predicted molar refractivity (Wildman–Crippen MR) is 126 cm³/mol. The number of likely N-dealkylation sites (N-methyl/N-ethyl adjacent to an activating group) is 1. The van der Waals surface area contributed by atoms with Crippen LogP contribution in [0.15, 0.2) is 36.4 Å². The summed E-state index contributed by atoms with van der Waals surface area (Å²) in [7, 11) is 0. The highest BCUT2D eigenvalue weighted by atomic mass is 19.1. The Hall–Kier alpha value is -3.23. The maximum atomic E-state index is 13.1. The highest BCUT2D eigenvalue weighted by Gasteiger charge is 2.25. The molecule has 0 unspecified atom stereocenters. The number of rotatable bonds is 5.